The van der Waals surface area contributed by atoms with Gasteiger partial charge in [0.2, 0.25) is 0 Å². The predicted octanol–water partition coefficient (Wildman–Crippen LogP) is 2.54. The first-order chi connectivity index (χ1) is 6.90. The molecule has 0 bridgehead atoms. The standard InChI is InChI=1S/C13H12O.H2O/c1-14-13-9-7-12(8-10-13)11-5-3-2-4-6-11;/h2-10H,1H3;1H2. The molecule has 0 fully saturated rings. The Labute approximate surface area is 89.4 Å². The Bertz CT molecular complexity index is 393. The van der Waals surface area contributed by atoms with E-state index in [4.69, 9.17) is 4.74 Å². The van der Waals surface area contributed by atoms with Crippen LogP contribution in [0.4, 0.5) is 0 Å². The minimum Gasteiger partial charge on any atom is -0.497 e. The Hall–Kier alpha value is -1.80. The monoisotopic (exact) mass is 202 g/mol. The predicted molar refractivity (Wildman–Crippen MR) is 62.0 cm³/mol. The molecule has 2 rings (SSSR count). The maximum absolute atomic E-state index is 5.11. The summed E-state index contributed by atoms with van der Waals surface area (Å²) < 4.78 is 5.11. The van der Waals surface area contributed by atoms with Crippen molar-refractivity contribution in [3.63, 3.8) is 0 Å². The zero-order chi connectivity index (χ0) is 9.80. The van der Waals surface area contributed by atoms with Gasteiger partial charge >= 0.3 is 0 Å². The lowest BCUT2D eigenvalue weighted by Crippen LogP contribution is -1.82. The van der Waals surface area contributed by atoms with Crippen molar-refractivity contribution in [2.75, 3.05) is 7.11 Å². The van der Waals surface area contributed by atoms with Crippen LogP contribution in [0.25, 0.3) is 11.1 Å². The van der Waals surface area contributed by atoms with E-state index < -0.39 is 0 Å². The minimum absolute atomic E-state index is 0. The van der Waals surface area contributed by atoms with Crippen LogP contribution in [0.5, 0.6) is 5.75 Å². The summed E-state index contributed by atoms with van der Waals surface area (Å²) >= 11 is 0. The van der Waals surface area contributed by atoms with Gasteiger partial charge in [0.15, 0.2) is 0 Å². The van der Waals surface area contributed by atoms with Crippen molar-refractivity contribution in [3.8, 4) is 16.9 Å². The smallest absolute Gasteiger partial charge is 0.118 e. The van der Waals surface area contributed by atoms with Crippen LogP contribution in [0.1, 0.15) is 0 Å². The van der Waals surface area contributed by atoms with Gasteiger partial charge in [0.25, 0.3) is 0 Å². The van der Waals surface area contributed by atoms with Crippen molar-refractivity contribution < 1.29 is 10.2 Å². The maximum Gasteiger partial charge on any atom is 0.118 e. The summed E-state index contributed by atoms with van der Waals surface area (Å²) in [6, 6.07) is 18.4. The van der Waals surface area contributed by atoms with Gasteiger partial charge in [-0.15, -0.1) is 0 Å². The van der Waals surface area contributed by atoms with Crippen LogP contribution < -0.4 is 4.74 Å². The number of hydrogen-bond acceptors (Lipinski definition) is 1. The van der Waals surface area contributed by atoms with Gasteiger partial charge in [-0.2, -0.15) is 0 Å². The van der Waals surface area contributed by atoms with Gasteiger partial charge in [-0.25, -0.2) is 0 Å². The van der Waals surface area contributed by atoms with Crippen LogP contribution >= 0.6 is 0 Å². The number of hydrogen-bond donors (Lipinski definition) is 0. The second-order valence-electron chi connectivity index (χ2n) is 3.09. The highest BCUT2D eigenvalue weighted by Crippen LogP contribution is 2.21. The number of rotatable bonds is 2. The SMILES string of the molecule is COc1ccc(-c2ccccc2)cc1.O. The average Bonchev–Trinajstić information content (AvgIpc) is 2.30. The fourth-order valence-electron chi connectivity index (χ4n) is 1.41. The van der Waals surface area contributed by atoms with E-state index in [1.165, 1.54) is 11.1 Å². The van der Waals surface area contributed by atoms with Crippen LogP contribution in [-0.4, -0.2) is 12.6 Å². The van der Waals surface area contributed by atoms with Gasteiger partial charge in [-0.1, -0.05) is 42.5 Å². The zero-order valence-electron chi connectivity index (χ0n) is 8.60. The highest BCUT2D eigenvalue weighted by molar-refractivity contribution is 5.63. The molecule has 0 radical (unpaired) electrons. The second-order valence-corrected chi connectivity index (χ2v) is 3.09. The molecule has 0 saturated heterocycles. The summed E-state index contributed by atoms with van der Waals surface area (Å²) in [4.78, 5) is 0. The Kier molecular flexibility index (Phi) is 3.89. The van der Waals surface area contributed by atoms with Gasteiger partial charge in [-0.05, 0) is 23.3 Å². The number of ether oxygens (including phenoxy) is 1. The van der Waals surface area contributed by atoms with Gasteiger partial charge in [0, 0.05) is 0 Å². The van der Waals surface area contributed by atoms with E-state index in [1.807, 2.05) is 30.3 Å². The lowest BCUT2D eigenvalue weighted by atomic mass is 10.1. The summed E-state index contributed by atoms with van der Waals surface area (Å²) in [6.45, 7) is 0. The molecular weight excluding hydrogens is 188 g/mol. The first-order valence-electron chi connectivity index (χ1n) is 4.59. The van der Waals surface area contributed by atoms with Crippen molar-refractivity contribution in [1.29, 1.82) is 0 Å². The first-order valence-corrected chi connectivity index (χ1v) is 4.59. The molecule has 2 nitrogen and oxygen atoms in total. The van der Waals surface area contributed by atoms with Crippen LogP contribution in [0.3, 0.4) is 0 Å². The Morgan fingerprint density at radius 1 is 0.733 bits per heavy atom. The van der Waals surface area contributed by atoms with Crippen LogP contribution in [0.2, 0.25) is 0 Å². The Morgan fingerprint density at radius 2 is 1.27 bits per heavy atom. The van der Waals surface area contributed by atoms with Gasteiger partial charge in [-0.3, -0.25) is 0 Å². The molecule has 15 heavy (non-hydrogen) atoms. The normalized spacial score (nSPS) is 9.13. The average molecular weight is 202 g/mol. The number of benzene rings is 2. The highest BCUT2D eigenvalue weighted by atomic mass is 16.5. The van der Waals surface area contributed by atoms with E-state index in [0.29, 0.717) is 0 Å². The van der Waals surface area contributed by atoms with Gasteiger partial charge in [0.1, 0.15) is 5.75 Å². The third-order valence-electron chi connectivity index (χ3n) is 2.20. The third kappa shape index (κ3) is 2.58. The molecule has 0 aliphatic carbocycles. The van der Waals surface area contributed by atoms with Crippen molar-refractivity contribution in [2.45, 2.75) is 0 Å². The molecule has 2 N–H and O–H groups in total. The molecule has 0 saturated carbocycles. The van der Waals surface area contributed by atoms with Crippen LogP contribution in [0, 0.1) is 0 Å². The molecule has 0 atom stereocenters. The van der Waals surface area contributed by atoms with Crippen molar-refractivity contribution in [2.24, 2.45) is 0 Å². The number of methoxy groups -OCH3 is 1. The summed E-state index contributed by atoms with van der Waals surface area (Å²) in [6.07, 6.45) is 0. The molecule has 0 aliphatic rings. The largest absolute Gasteiger partial charge is 0.497 e. The summed E-state index contributed by atoms with van der Waals surface area (Å²) in [5, 5.41) is 0. The zero-order valence-corrected chi connectivity index (χ0v) is 8.60. The lowest BCUT2D eigenvalue weighted by molar-refractivity contribution is 0.415. The van der Waals surface area contributed by atoms with E-state index in [1.54, 1.807) is 7.11 Å². The third-order valence-corrected chi connectivity index (χ3v) is 2.20. The summed E-state index contributed by atoms with van der Waals surface area (Å²) in [5.41, 5.74) is 2.45. The summed E-state index contributed by atoms with van der Waals surface area (Å²) in [5.74, 6) is 0.893. The second kappa shape index (κ2) is 5.17. The topological polar surface area (TPSA) is 40.7 Å². The molecule has 2 aromatic carbocycles. The molecule has 0 amide bonds. The van der Waals surface area contributed by atoms with E-state index in [-0.39, 0.29) is 5.48 Å². The molecule has 0 aliphatic heterocycles. The molecule has 0 spiro atoms. The fourth-order valence-corrected chi connectivity index (χ4v) is 1.41. The Morgan fingerprint density at radius 3 is 1.80 bits per heavy atom. The molecule has 0 aromatic heterocycles. The molecule has 0 heterocycles. The van der Waals surface area contributed by atoms with E-state index in [9.17, 15) is 0 Å². The minimum atomic E-state index is 0. The van der Waals surface area contributed by atoms with Gasteiger partial charge < -0.3 is 10.2 Å². The summed E-state index contributed by atoms with van der Waals surface area (Å²) in [7, 11) is 1.68. The van der Waals surface area contributed by atoms with Gasteiger partial charge in [0.05, 0.1) is 7.11 Å². The van der Waals surface area contributed by atoms with E-state index in [0.717, 1.165) is 5.75 Å². The van der Waals surface area contributed by atoms with E-state index >= 15 is 0 Å². The van der Waals surface area contributed by atoms with Crippen molar-refractivity contribution in [3.05, 3.63) is 54.6 Å². The molecule has 78 valence electrons. The maximum atomic E-state index is 5.11. The lowest BCUT2D eigenvalue weighted by Gasteiger charge is -2.02. The van der Waals surface area contributed by atoms with E-state index in [2.05, 4.69) is 24.3 Å². The molecular formula is C13H14O2. The molecule has 2 heteroatoms. The quantitative estimate of drug-likeness (QED) is 0.737. The first kappa shape index (κ1) is 11.3. The Balaban J connectivity index is 0.00000112. The van der Waals surface area contributed by atoms with Crippen LogP contribution in [-0.2, 0) is 0 Å². The fraction of sp³-hybridized carbons (Fsp3) is 0.0769. The highest BCUT2D eigenvalue weighted by Gasteiger charge is 1.95. The van der Waals surface area contributed by atoms with Crippen LogP contribution in [0.15, 0.2) is 54.6 Å². The molecule has 0 unspecified atom stereocenters. The molecule has 2 aromatic rings. The van der Waals surface area contributed by atoms with Crippen molar-refractivity contribution >= 4 is 0 Å². The van der Waals surface area contributed by atoms with Crippen molar-refractivity contribution in [1.82, 2.24) is 0 Å².